The highest BCUT2D eigenvalue weighted by Crippen LogP contribution is 2.35. The third kappa shape index (κ3) is 3.88. The molecule has 1 aromatic rings. The van der Waals surface area contributed by atoms with Gasteiger partial charge in [-0.05, 0) is 47.1 Å². The Morgan fingerprint density at radius 3 is 2.50 bits per heavy atom. The lowest BCUT2D eigenvalue weighted by Gasteiger charge is -2.20. The van der Waals surface area contributed by atoms with Crippen LogP contribution in [0.4, 0.5) is 13.2 Å². The summed E-state index contributed by atoms with van der Waals surface area (Å²) in [5.74, 6) is 0.553. The van der Waals surface area contributed by atoms with Crippen molar-refractivity contribution in [2.75, 3.05) is 13.7 Å². The van der Waals surface area contributed by atoms with Crippen LogP contribution in [0.25, 0.3) is 0 Å². The maximum atomic E-state index is 12.7. The molecule has 0 bridgehead atoms. The van der Waals surface area contributed by atoms with Gasteiger partial charge in [-0.15, -0.1) is 0 Å². The summed E-state index contributed by atoms with van der Waals surface area (Å²) in [4.78, 5) is 0. The number of ether oxygens (including phenoxy) is 1. The number of hydrogen-bond acceptors (Lipinski definition) is 2. The summed E-state index contributed by atoms with van der Waals surface area (Å²) in [6, 6.07) is 2.73. The third-order valence-corrected chi connectivity index (χ3v) is 2.99. The van der Waals surface area contributed by atoms with Crippen molar-refractivity contribution < 1.29 is 17.9 Å². The molecule has 0 aliphatic heterocycles. The maximum Gasteiger partial charge on any atom is 0.407 e. The van der Waals surface area contributed by atoms with Gasteiger partial charge < -0.3 is 10.1 Å². The Kier molecular flexibility index (Phi) is 5.47. The first kappa shape index (κ1) is 15.3. The van der Waals surface area contributed by atoms with E-state index in [4.69, 9.17) is 4.74 Å². The summed E-state index contributed by atoms with van der Waals surface area (Å²) in [6.45, 7) is 2.50. The SMILES string of the molecule is CCCOc1ccc(C(NC)C(F)(F)F)cc1Br. The molecule has 1 N–H and O–H groups in total. The standard InChI is InChI=1S/C12H15BrF3NO/c1-3-6-18-10-5-4-8(7-9(10)13)11(17-2)12(14,15)16/h4-5,7,11,17H,3,6H2,1-2H3. The fraction of sp³-hybridized carbons (Fsp3) is 0.500. The molecule has 0 aromatic heterocycles. The monoisotopic (exact) mass is 325 g/mol. The summed E-state index contributed by atoms with van der Waals surface area (Å²) in [5.41, 5.74) is 0.153. The van der Waals surface area contributed by atoms with E-state index in [1.165, 1.54) is 19.2 Å². The minimum Gasteiger partial charge on any atom is -0.492 e. The van der Waals surface area contributed by atoms with Gasteiger partial charge in [0.25, 0.3) is 0 Å². The highest BCUT2D eigenvalue weighted by Gasteiger charge is 2.39. The number of hydrogen-bond donors (Lipinski definition) is 1. The number of alkyl halides is 3. The molecule has 0 saturated heterocycles. The molecule has 0 aliphatic rings. The molecule has 18 heavy (non-hydrogen) atoms. The Balaban J connectivity index is 2.95. The van der Waals surface area contributed by atoms with Gasteiger partial charge in [-0.3, -0.25) is 0 Å². The first-order valence-corrected chi connectivity index (χ1v) is 6.35. The molecule has 1 aromatic carbocycles. The van der Waals surface area contributed by atoms with Crippen LogP contribution < -0.4 is 10.1 Å². The largest absolute Gasteiger partial charge is 0.492 e. The first-order valence-electron chi connectivity index (χ1n) is 5.56. The maximum absolute atomic E-state index is 12.7. The smallest absolute Gasteiger partial charge is 0.407 e. The van der Waals surface area contributed by atoms with Gasteiger partial charge in [0, 0.05) is 0 Å². The van der Waals surface area contributed by atoms with Gasteiger partial charge in [-0.1, -0.05) is 13.0 Å². The molecule has 0 saturated carbocycles. The number of halogens is 4. The Hall–Kier alpha value is -0.750. The van der Waals surface area contributed by atoms with E-state index in [2.05, 4.69) is 21.2 Å². The van der Waals surface area contributed by atoms with Crippen molar-refractivity contribution in [1.29, 1.82) is 0 Å². The lowest BCUT2D eigenvalue weighted by atomic mass is 10.1. The fourth-order valence-electron chi connectivity index (χ4n) is 1.55. The molecule has 6 heteroatoms. The van der Waals surface area contributed by atoms with Gasteiger partial charge >= 0.3 is 6.18 Å². The van der Waals surface area contributed by atoms with Crippen LogP contribution in [0.2, 0.25) is 0 Å². The second-order valence-corrected chi connectivity index (χ2v) is 4.66. The summed E-state index contributed by atoms with van der Waals surface area (Å²) in [7, 11) is 1.29. The second-order valence-electron chi connectivity index (χ2n) is 3.80. The van der Waals surface area contributed by atoms with Crippen molar-refractivity contribution in [3.05, 3.63) is 28.2 Å². The lowest BCUT2D eigenvalue weighted by molar-refractivity contribution is -0.156. The van der Waals surface area contributed by atoms with E-state index in [1.54, 1.807) is 6.07 Å². The van der Waals surface area contributed by atoms with E-state index in [1.807, 2.05) is 6.92 Å². The minimum absolute atomic E-state index is 0.153. The minimum atomic E-state index is -4.32. The van der Waals surface area contributed by atoms with E-state index >= 15 is 0 Å². The van der Waals surface area contributed by atoms with E-state index < -0.39 is 12.2 Å². The number of nitrogens with one attached hydrogen (secondary N) is 1. The van der Waals surface area contributed by atoms with Crippen LogP contribution >= 0.6 is 15.9 Å². The van der Waals surface area contributed by atoms with E-state index in [0.717, 1.165) is 6.42 Å². The Labute approximate surface area is 113 Å². The van der Waals surface area contributed by atoms with Crippen LogP contribution in [-0.2, 0) is 0 Å². The molecule has 1 rings (SSSR count). The van der Waals surface area contributed by atoms with Gasteiger partial charge in [0.15, 0.2) is 0 Å². The van der Waals surface area contributed by atoms with Crippen LogP contribution in [0.3, 0.4) is 0 Å². The van der Waals surface area contributed by atoms with E-state index in [-0.39, 0.29) is 5.56 Å². The van der Waals surface area contributed by atoms with Crippen molar-refractivity contribution >= 4 is 15.9 Å². The molecule has 1 atom stereocenters. The summed E-state index contributed by atoms with van der Waals surface area (Å²) < 4.78 is 44.1. The molecule has 0 radical (unpaired) electrons. The molecule has 0 fully saturated rings. The van der Waals surface area contributed by atoms with Crippen LogP contribution in [0, 0.1) is 0 Å². The summed E-state index contributed by atoms with van der Waals surface area (Å²) in [6.07, 6.45) is -3.48. The first-order chi connectivity index (χ1) is 8.40. The summed E-state index contributed by atoms with van der Waals surface area (Å²) in [5, 5.41) is 2.26. The van der Waals surface area contributed by atoms with Crippen molar-refractivity contribution in [2.45, 2.75) is 25.6 Å². The lowest BCUT2D eigenvalue weighted by Crippen LogP contribution is -2.31. The molecule has 0 aliphatic carbocycles. The van der Waals surface area contributed by atoms with Crippen molar-refractivity contribution in [3.8, 4) is 5.75 Å². The number of rotatable bonds is 5. The van der Waals surface area contributed by atoms with Crippen molar-refractivity contribution in [2.24, 2.45) is 0 Å². The van der Waals surface area contributed by atoms with Gasteiger partial charge in [0.05, 0.1) is 11.1 Å². The van der Waals surface area contributed by atoms with Gasteiger partial charge in [-0.25, -0.2) is 0 Å². The van der Waals surface area contributed by atoms with Crippen LogP contribution in [0.5, 0.6) is 5.75 Å². The molecule has 0 spiro atoms. The molecule has 1 unspecified atom stereocenters. The van der Waals surface area contributed by atoms with Gasteiger partial charge in [0.1, 0.15) is 11.8 Å². The Morgan fingerprint density at radius 2 is 2.06 bits per heavy atom. The van der Waals surface area contributed by atoms with E-state index in [9.17, 15) is 13.2 Å². The topological polar surface area (TPSA) is 21.3 Å². The zero-order valence-electron chi connectivity index (χ0n) is 10.1. The second kappa shape index (κ2) is 6.43. The predicted octanol–water partition coefficient (Wildman–Crippen LogP) is 4.06. The quantitative estimate of drug-likeness (QED) is 0.881. The normalized spacial score (nSPS) is 13.4. The van der Waals surface area contributed by atoms with Crippen molar-refractivity contribution in [1.82, 2.24) is 5.32 Å². The zero-order chi connectivity index (χ0) is 13.8. The molecule has 102 valence electrons. The zero-order valence-corrected chi connectivity index (χ0v) is 11.7. The summed E-state index contributed by atoms with van der Waals surface area (Å²) >= 11 is 3.22. The Morgan fingerprint density at radius 1 is 1.39 bits per heavy atom. The number of benzene rings is 1. The van der Waals surface area contributed by atoms with Crippen LogP contribution in [0.1, 0.15) is 24.9 Å². The molecule has 0 heterocycles. The molecular weight excluding hydrogens is 311 g/mol. The Bertz CT molecular complexity index is 395. The van der Waals surface area contributed by atoms with Crippen molar-refractivity contribution in [3.63, 3.8) is 0 Å². The van der Waals surface area contributed by atoms with E-state index in [0.29, 0.717) is 16.8 Å². The fourth-order valence-corrected chi connectivity index (χ4v) is 2.06. The van der Waals surface area contributed by atoms with Crippen LogP contribution in [-0.4, -0.2) is 19.8 Å². The third-order valence-electron chi connectivity index (χ3n) is 2.37. The molecule has 0 amide bonds. The predicted molar refractivity (Wildman–Crippen MR) is 67.8 cm³/mol. The molecule has 2 nitrogen and oxygen atoms in total. The molecular formula is C12H15BrF3NO. The van der Waals surface area contributed by atoms with Gasteiger partial charge in [0.2, 0.25) is 0 Å². The van der Waals surface area contributed by atoms with Gasteiger partial charge in [-0.2, -0.15) is 13.2 Å². The highest BCUT2D eigenvalue weighted by molar-refractivity contribution is 9.10. The highest BCUT2D eigenvalue weighted by atomic mass is 79.9. The van der Waals surface area contributed by atoms with Crippen LogP contribution in [0.15, 0.2) is 22.7 Å². The average Bonchev–Trinajstić information content (AvgIpc) is 2.27. The average molecular weight is 326 g/mol.